The lowest BCUT2D eigenvalue weighted by molar-refractivity contribution is 0.0139. The van der Waals surface area contributed by atoms with Crippen LogP contribution in [0.3, 0.4) is 0 Å². The van der Waals surface area contributed by atoms with Gasteiger partial charge in [-0.05, 0) is 12.8 Å². The van der Waals surface area contributed by atoms with E-state index in [4.69, 9.17) is 32.7 Å². The van der Waals surface area contributed by atoms with Gasteiger partial charge in [-0.15, -0.1) is 0 Å². The maximum atomic E-state index is 11.3. The van der Waals surface area contributed by atoms with Gasteiger partial charge < -0.3 is 9.47 Å². The zero-order valence-corrected chi connectivity index (χ0v) is 11.7. The molecule has 0 bridgehead atoms. The number of hydrogen-bond donors (Lipinski definition) is 0. The molecule has 0 aliphatic rings. The van der Waals surface area contributed by atoms with Gasteiger partial charge in [0.15, 0.2) is 11.1 Å². The molecule has 0 amide bonds. The summed E-state index contributed by atoms with van der Waals surface area (Å²) in [6.45, 7) is 7.74. The molecule has 5 heteroatoms. The predicted octanol–water partition coefficient (Wildman–Crippen LogP) is 4.36. The Balaban J connectivity index is 3.99. The first-order valence-corrected chi connectivity index (χ1v) is 6.45. The average Bonchev–Trinajstić information content (AvgIpc) is 2.26. The summed E-state index contributed by atoms with van der Waals surface area (Å²) in [7, 11) is 0. The standard InChI is InChI=1S/C11H20Cl2O3/c1-5-7(3)9(12)15-11(14)16-10(13)8(4)6-2/h7-10H,5-6H2,1-4H3/t7-,8-,9+,10+/m1/s1. The van der Waals surface area contributed by atoms with E-state index in [2.05, 4.69) is 0 Å². The van der Waals surface area contributed by atoms with Gasteiger partial charge in [-0.3, -0.25) is 0 Å². The van der Waals surface area contributed by atoms with Gasteiger partial charge in [0.05, 0.1) is 0 Å². The summed E-state index contributed by atoms with van der Waals surface area (Å²) in [5, 5.41) is 0. The van der Waals surface area contributed by atoms with Crippen LogP contribution >= 0.6 is 23.2 Å². The van der Waals surface area contributed by atoms with Crippen LogP contribution in [0.25, 0.3) is 0 Å². The Bertz CT molecular complexity index is 191. The van der Waals surface area contributed by atoms with Crippen LogP contribution in [-0.4, -0.2) is 17.3 Å². The second-order valence-electron chi connectivity index (χ2n) is 3.96. The molecule has 16 heavy (non-hydrogen) atoms. The smallest absolute Gasteiger partial charge is 0.414 e. The number of rotatable bonds is 6. The van der Waals surface area contributed by atoms with Crippen LogP contribution in [0.4, 0.5) is 4.79 Å². The van der Waals surface area contributed by atoms with E-state index in [0.29, 0.717) is 0 Å². The van der Waals surface area contributed by atoms with Gasteiger partial charge in [-0.25, -0.2) is 4.79 Å². The number of carbonyl (C=O) groups is 1. The second kappa shape index (κ2) is 8.02. The lowest BCUT2D eigenvalue weighted by Gasteiger charge is -2.20. The second-order valence-corrected chi connectivity index (χ2v) is 4.82. The van der Waals surface area contributed by atoms with Gasteiger partial charge in [0.1, 0.15) is 0 Å². The maximum absolute atomic E-state index is 11.3. The molecular formula is C11H20Cl2O3. The van der Waals surface area contributed by atoms with Crippen molar-refractivity contribution in [3.8, 4) is 0 Å². The van der Waals surface area contributed by atoms with Gasteiger partial charge in [0.2, 0.25) is 0 Å². The van der Waals surface area contributed by atoms with E-state index in [1.807, 2.05) is 27.7 Å². The first-order chi connectivity index (χ1) is 7.42. The van der Waals surface area contributed by atoms with Crippen LogP contribution in [0.15, 0.2) is 0 Å². The molecule has 0 aliphatic heterocycles. The summed E-state index contributed by atoms with van der Waals surface area (Å²) in [4.78, 5) is 11.3. The molecule has 0 spiro atoms. The highest BCUT2D eigenvalue weighted by molar-refractivity contribution is 6.21. The normalized spacial score (nSPS) is 18.4. The topological polar surface area (TPSA) is 35.5 Å². The highest BCUT2D eigenvalue weighted by atomic mass is 35.5. The molecule has 3 nitrogen and oxygen atoms in total. The Morgan fingerprint density at radius 2 is 1.31 bits per heavy atom. The van der Waals surface area contributed by atoms with Crippen molar-refractivity contribution >= 4 is 29.4 Å². The minimum Gasteiger partial charge on any atom is -0.414 e. The molecule has 4 atom stereocenters. The summed E-state index contributed by atoms with van der Waals surface area (Å²) in [5.41, 5.74) is -1.34. The van der Waals surface area contributed by atoms with Gasteiger partial charge in [-0.1, -0.05) is 50.9 Å². The van der Waals surface area contributed by atoms with E-state index >= 15 is 0 Å². The number of hydrogen-bond acceptors (Lipinski definition) is 3. The van der Waals surface area contributed by atoms with Crippen molar-refractivity contribution in [2.75, 3.05) is 0 Å². The molecule has 96 valence electrons. The SMILES string of the molecule is CC[C@@H](C)[C@@H](Cl)OC(=O)O[C@H](Cl)[C@H](C)CC. The summed E-state index contributed by atoms with van der Waals surface area (Å²) >= 11 is 11.7. The van der Waals surface area contributed by atoms with Crippen LogP contribution in [0.5, 0.6) is 0 Å². The zero-order valence-electron chi connectivity index (χ0n) is 10.2. The quantitative estimate of drug-likeness (QED) is 0.531. The third-order valence-corrected chi connectivity index (χ3v) is 3.64. The molecule has 0 aromatic rings. The number of halogens is 2. The van der Waals surface area contributed by atoms with Crippen molar-refractivity contribution in [1.29, 1.82) is 0 Å². The third kappa shape index (κ3) is 5.80. The summed E-state index contributed by atoms with van der Waals surface area (Å²) in [6, 6.07) is 0. The summed E-state index contributed by atoms with van der Waals surface area (Å²) in [6.07, 6.45) is 0.856. The summed E-state index contributed by atoms with van der Waals surface area (Å²) < 4.78 is 9.78. The third-order valence-electron chi connectivity index (χ3n) is 2.60. The zero-order chi connectivity index (χ0) is 12.7. The summed E-state index contributed by atoms with van der Waals surface area (Å²) in [5.74, 6) is 0.179. The molecule has 0 heterocycles. The fourth-order valence-corrected chi connectivity index (χ4v) is 1.32. The molecule has 0 saturated heterocycles. The van der Waals surface area contributed by atoms with Gasteiger partial charge >= 0.3 is 6.16 Å². The highest BCUT2D eigenvalue weighted by Crippen LogP contribution is 2.19. The van der Waals surface area contributed by atoms with Crippen molar-refractivity contribution in [2.45, 2.75) is 51.7 Å². The van der Waals surface area contributed by atoms with Crippen molar-refractivity contribution in [1.82, 2.24) is 0 Å². The van der Waals surface area contributed by atoms with Crippen LogP contribution in [0, 0.1) is 11.8 Å². The molecule has 0 unspecified atom stereocenters. The van der Waals surface area contributed by atoms with Crippen molar-refractivity contribution < 1.29 is 14.3 Å². The number of ether oxygens (including phenoxy) is 2. The lowest BCUT2D eigenvalue weighted by Crippen LogP contribution is -2.25. The van der Waals surface area contributed by atoms with E-state index in [1.54, 1.807) is 0 Å². The van der Waals surface area contributed by atoms with E-state index < -0.39 is 17.3 Å². The number of carbonyl (C=O) groups excluding carboxylic acids is 1. The van der Waals surface area contributed by atoms with Crippen molar-refractivity contribution in [3.63, 3.8) is 0 Å². The number of alkyl halides is 2. The lowest BCUT2D eigenvalue weighted by atomic mass is 10.1. The Labute approximate surface area is 107 Å². The van der Waals surface area contributed by atoms with Crippen LogP contribution in [0.1, 0.15) is 40.5 Å². The van der Waals surface area contributed by atoms with E-state index in [1.165, 1.54) is 0 Å². The van der Waals surface area contributed by atoms with Gasteiger partial charge in [0.25, 0.3) is 0 Å². The van der Waals surface area contributed by atoms with E-state index in [9.17, 15) is 4.79 Å². The maximum Gasteiger partial charge on any atom is 0.511 e. The average molecular weight is 271 g/mol. The van der Waals surface area contributed by atoms with Crippen LogP contribution < -0.4 is 0 Å². The highest BCUT2D eigenvalue weighted by Gasteiger charge is 2.22. The Hall–Kier alpha value is -0.150. The predicted molar refractivity (Wildman–Crippen MR) is 65.8 cm³/mol. The molecule has 0 aromatic carbocycles. The first-order valence-electron chi connectivity index (χ1n) is 5.57. The van der Waals surface area contributed by atoms with E-state index in [0.717, 1.165) is 12.8 Å². The minimum absolute atomic E-state index is 0.0894. The first kappa shape index (κ1) is 15.9. The van der Waals surface area contributed by atoms with Crippen LogP contribution in [-0.2, 0) is 9.47 Å². The van der Waals surface area contributed by atoms with E-state index in [-0.39, 0.29) is 11.8 Å². The Morgan fingerprint density at radius 1 is 1.00 bits per heavy atom. The van der Waals surface area contributed by atoms with Gasteiger partial charge in [0, 0.05) is 11.8 Å². The molecular weight excluding hydrogens is 251 g/mol. The van der Waals surface area contributed by atoms with Crippen LogP contribution in [0.2, 0.25) is 0 Å². The van der Waals surface area contributed by atoms with Crippen molar-refractivity contribution in [3.05, 3.63) is 0 Å². The minimum atomic E-state index is -0.805. The largest absolute Gasteiger partial charge is 0.511 e. The molecule has 0 aliphatic carbocycles. The molecule has 0 aromatic heterocycles. The molecule has 0 saturated carbocycles. The Morgan fingerprint density at radius 3 is 1.56 bits per heavy atom. The fraction of sp³-hybridized carbons (Fsp3) is 0.909. The molecule has 0 fully saturated rings. The fourth-order valence-electron chi connectivity index (χ4n) is 0.815. The van der Waals surface area contributed by atoms with Gasteiger partial charge in [-0.2, -0.15) is 0 Å². The van der Waals surface area contributed by atoms with Crippen molar-refractivity contribution in [2.24, 2.45) is 11.8 Å². The Kier molecular flexibility index (Phi) is 7.94. The molecule has 0 radical (unpaired) electrons. The monoisotopic (exact) mass is 270 g/mol. The molecule has 0 rings (SSSR count). The molecule has 0 N–H and O–H groups in total.